The summed E-state index contributed by atoms with van der Waals surface area (Å²) < 4.78 is 0. The van der Waals surface area contributed by atoms with Crippen LogP contribution in [0.1, 0.15) is 25.3 Å². The van der Waals surface area contributed by atoms with Crippen LogP contribution < -0.4 is 0 Å². The van der Waals surface area contributed by atoms with E-state index in [9.17, 15) is 0 Å². The monoisotopic (exact) mass is 487 g/mol. The van der Waals surface area contributed by atoms with Crippen molar-refractivity contribution in [2.75, 3.05) is 0 Å². The number of nitrogens with zero attached hydrogens (tertiary/aromatic N) is 1. The summed E-state index contributed by atoms with van der Waals surface area (Å²) in [5, 5.41) is 0. The molecule has 0 spiro atoms. The first-order valence-electron chi connectivity index (χ1n) is 3.05. The number of rotatable bonds is 1. The maximum absolute atomic E-state index is 3.76. The van der Waals surface area contributed by atoms with Crippen LogP contribution in [-0.2, 0) is 42.1 Å². The fourth-order valence-corrected chi connectivity index (χ4v) is 0.620. The largest absolute Gasteiger partial charge is 0.543 e. The molecular formula is C8H9NW2-2. The van der Waals surface area contributed by atoms with Gasteiger partial charge in [-0.15, -0.1) is 0 Å². The Kier molecular flexibility index (Phi) is 9.20. The molecule has 0 aliphatic carbocycles. The molecule has 3 heteroatoms. The molecule has 0 saturated carbocycles. The molecule has 0 saturated heterocycles. The molecule has 60 valence electrons. The van der Waals surface area contributed by atoms with E-state index in [1.165, 1.54) is 0 Å². The Morgan fingerprint density at radius 1 is 1.36 bits per heavy atom. The summed E-state index contributed by atoms with van der Waals surface area (Å²) in [7, 11) is 0. The van der Waals surface area contributed by atoms with Crippen LogP contribution in [0.15, 0.2) is 12.1 Å². The van der Waals surface area contributed by atoms with Crippen LogP contribution in [0.25, 0.3) is 0 Å². The molecule has 0 fully saturated rings. The molecule has 0 N–H and O–H groups in total. The van der Waals surface area contributed by atoms with E-state index in [2.05, 4.69) is 31.2 Å². The minimum Gasteiger partial charge on any atom is -0.543 e. The predicted octanol–water partition coefficient (Wildman–Crippen LogP) is 1.80. The minimum atomic E-state index is 0. The van der Waals surface area contributed by atoms with Gasteiger partial charge in [-0.05, 0) is 0 Å². The predicted molar refractivity (Wildman–Crippen MR) is 36.0 cm³/mol. The van der Waals surface area contributed by atoms with Gasteiger partial charge < -0.3 is 4.98 Å². The van der Waals surface area contributed by atoms with Gasteiger partial charge in [0.1, 0.15) is 0 Å². The average molecular weight is 487 g/mol. The summed E-state index contributed by atoms with van der Waals surface area (Å²) in [5.41, 5.74) is 1.15. The van der Waals surface area contributed by atoms with Crippen molar-refractivity contribution in [3.8, 4) is 0 Å². The van der Waals surface area contributed by atoms with Crippen LogP contribution in [0, 0.1) is 12.4 Å². The van der Waals surface area contributed by atoms with Gasteiger partial charge >= 0.3 is 0 Å². The molecule has 0 aromatic carbocycles. The fourth-order valence-electron chi connectivity index (χ4n) is 0.620. The topological polar surface area (TPSA) is 12.9 Å². The molecule has 0 aliphatic heterocycles. The van der Waals surface area contributed by atoms with Crippen LogP contribution in [-0.4, -0.2) is 4.98 Å². The summed E-state index contributed by atoms with van der Waals surface area (Å²) in [6.45, 7) is 4.24. The average Bonchev–Trinajstić information content (AvgIpc) is 1.90. The summed E-state index contributed by atoms with van der Waals surface area (Å²) in [6, 6.07) is 3.80. The van der Waals surface area contributed by atoms with E-state index >= 15 is 0 Å². The van der Waals surface area contributed by atoms with Gasteiger partial charge in [0.05, 0.1) is 0 Å². The van der Waals surface area contributed by atoms with Crippen LogP contribution in [0.4, 0.5) is 0 Å². The van der Waals surface area contributed by atoms with Gasteiger partial charge in [0.15, 0.2) is 0 Å². The third kappa shape index (κ3) is 4.88. The van der Waals surface area contributed by atoms with E-state index in [0.717, 1.165) is 5.56 Å². The number of hydrogen-bond donors (Lipinski definition) is 0. The van der Waals surface area contributed by atoms with Crippen molar-refractivity contribution >= 4 is 0 Å². The Morgan fingerprint density at radius 2 is 2.00 bits per heavy atom. The van der Waals surface area contributed by atoms with Crippen molar-refractivity contribution in [3.63, 3.8) is 0 Å². The molecule has 0 aliphatic rings. The molecule has 11 heavy (non-hydrogen) atoms. The molecule has 1 aromatic heterocycles. The zero-order valence-electron chi connectivity index (χ0n) is 6.50. The van der Waals surface area contributed by atoms with Crippen molar-refractivity contribution in [2.45, 2.75) is 19.8 Å². The van der Waals surface area contributed by atoms with Crippen LogP contribution >= 0.6 is 0 Å². The second-order valence-electron chi connectivity index (χ2n) is 2.30. The molecular weight excluding hydrogens is 478 g/mol. The van der Waals surface area contributed by atoms with Crippen molar-refractivity contribution in [1.29, 1.82) is 0 Å². The Balaban J connectivity index is 0. The van der Waals surface area contributed by atoms with E-state index in [-0.39, 0.29) is 42.1 Å². The normalized spacial score (nSPS) is 8.27. The van der Waals surface area contributed by atoms with Crippen molar-refractivity contribution in [3.05, 3.63) is 30.1 Å². The second-order valence-corrected chi connectivity index (χ2v) is 2.30. The summed E-state index contributed by atoms with van der Waals surface area (Å²) in [5.74, 6) is 0.520. The maximum atomic E-state index is 3.76. The quantitative estimate of drug-likeness (QED) is 0.552. The molecule has 1 nitrogen and oxygen atoms in total. The van der Waals surface area contributed by atoms with Gasteiger partial charge in [0, 0.05) is 42.1 Å². The van der Waals surface area contributed by atoms with Gasteiger partial charge in [0.25, 0.3) is 0 Å². The number of aromatic nitrogens is 1. The third-order valence-electron chi connectivity index (χ3n) is 1.21. The van der Waals surface area contributed by atoms with Gasteiger partial charge in [0.2, 0.25) is 0 Å². The standard InChI is InChI=1S/C8H9N.2W/c1-7(2)8-4-3-5-9-6-8;;/h3-4,7H,1-2H3;;/q-2;;. The summed E-state index contributed by atoms with van der Waals surface area (Å²) >= 11 is 0. The third-order valence-corrected chi connectivity index (χ3v) is 1.21. The van der Waals surface area contributed by atoms with Crippen molar-refractivity contribution < 1.29 is 42.1 Å². The fraction of sp³-hybridized carbons (Fsp3) is 0.375. The van der Waals surface area contributed by atoms with E-state index in [1.807, 2.05) is 12.1 Å². The van der Waals surface area contributed by atoms with Crippen LogP contribution in [0.3, 0.4) is 0 Å². The summed E-state index contributed by atoms with van der Waals surface area (Å²) in [6.07, 6.45) is 5.54. The first kappa shape index (κ1) is 14.1. The molecule has 0 bridgehead atoms. The SMILES string of the molecule is CC(C)c1[c-]n[c-]cc1.[W].[W]. The molecule has 1 rings (SSSR count). The van der Waals surface area contributed by atoms with Gasteiger partial charge in [-0.25, -0.2) is 0 Å². The minimum absolute atomic E-state index is 0. The van der Waals surface area contributed by atoms with E-state index in [1.54, 1.807) is 0 Å². The van der Waals surface area contributed by atoms with Gasteiger partial charge in [-0.2, -0.15) is 0 Å². The molecule has 0 radical (unpaired) electrons. The van der Waals surface area contributed by atoms with Crippen molar-refractivity contribution in [1.82, 2.24) is 4.98 Å². The zero-order valence-corrected chi connectivity index (χ0v) is 12.4. The first-order valence-corrected chi connectivity index (χ1v) is 3.05. The smallest absolute Gasteiger partial charge is 0 e. The molecule has 0 atom stereocenters. The van der Waals surface area contributed by atoms with Gasteiger partial charge in [-0.3, -0.25) is 30.1 Å². The number of pyridine rings is 1. The second kappa shape index (κ2) is 7.19. The Labute approximate surface area is 96.5 Å². The number of hydrogen-bond acceptors (Lipinski definition) is 1. The molecule has 0 amide bonds. The molecule has 0 unspecified atom stereocenters. The van der Waals surface area contributed by atoms with E-state index in [0.29, 0.717) is 5.92 Å². The maximum Gasteiger partial charge on any atom is 0 e. The summed E-state index contributed by atoms with van der Waals surface area (Å²) in [4.78, 5) is 3.76. The van der Waals surface area contributed by atoms with E-state index < -0.39 is 0 Å². The Hall–Kier alpha value is 0.527. The molecule has 1 heterocycles. The molecule has 1 aromatic rings. The van der Waals surface area contributed by atoms with Gasteiger partial charge in [-0.1, -0.05) is 19.8 Å². The zero-order chi connectivity index (χ0) is 6.69. The van der Waals surface area contributed by atoms with Crippen LogP contribution in [0.5, 0.6) is 0 Å². The first-order chi connectivity index (χ1) is 4.30. The Bertz CT molecular complexity index is 175. The van der Waals surface area contributed by atoms with Crippen molar-refractivity contribution in [2.24, 2.45) is 0 Å². The van der Waals surface area contributed by atoms with Crippen LogP contribution in [0.2, 0.25) is 0 Å². The Morgan fingerprint density at radius 3 is 2.27 bits per heavy atom. The van der Waals surface area contributed by atoms with E-state index in [4.69, 9.17) is 0 Å².